The summed E-state index contributed by atoms with van der Waals surface area (Å²) in [6.45, 7) is 1.62. The van der Waals surface area contributed by atoms with E-state index in [1.165, 1.54) is 0 Å². The van der Waals surface area contributed by atoms with E-state index in [1.54, 1.807) is 6.92 Å². The Kier molecular flexibility index (Phi) is 2.50. The largest absolute Gasteiger partial charge is 0.387 e. The minimum atomic E-state index is -1.40. The van der Waals surface area contributed by atoms with Gasteiger partial charge in [-0.1, -0.05) is 0 Å². The Bertz CT molecular complexity index is 200. The third kappa shape index (κ3) is 1.35. The van der Waals surface area contributed by atoms with E-state index in [0.717, 1.165) is 0 Å². The molecule has 14 heavy (non-hydrogen) atoms. The Morgan fingerprint density at radius 1 is 0.714 bits per heavy atom. The maximum Gasteiger partial charge on any atom is 0.156 e. The first-order chi connectivity index (χ1) is 6.52. The fourth-order valence-corrected chi connectivity index (χ4v) is 1.97. The average Bonchev–Trinajstić information content (AvgIpc) is 2.54. The van der Waals surface area contributed by atoms with Gasteiger partial charge in [-0.3, -0.25) is 0 Å². The summed E-state index contributed by atoms with van der Waals surface area (Å²) in [5, 5.41) is 37.8. The van der Waals surface area contributed by atoms with Crippen molar-refractivity contribution < 1.29 is 29.9 Å². The lowest BCUT2D eigenvalue weighted by atomic mass is 9.85. The number of aliphatic hydroxyl groups is 4. The Balaban J connectivity index is 2.19. The molecule has 1 aliphatic carbocycles. The van der Waals surface area contributed by atoms with Crippen LogP contribution in [-0.4, -0.2) is 63.3 Å². The zero-order valence-corrected chi connectivity index (χ0v) is 7.65. The second-order valence-electron chi connectivity index (χ2n) is 3.73. The van der Waals surface area contributed by atoms with Crippen molar-refractivity contribution >= 4 is 0 Å². The van der Waals surface area contributed by atoms with Crippen molar-refractivity contribution in [1.29, 1.82) is 0 Å². The minimum Gasteiger partial charge on any atom is -0.387 e. The van der Waals surface area contributed by atoms with Crippen LogP contribution in [-0.2, 0) is 9.47 Å². The van der Waals surface area contributed by atoms with Gasteiger partial charge in [0.15, 0.2) is 6.29 Å². The predicted molar refractivity (Wildman–Crippen MR) is 43.2 cm³/mol. The molecule has 1 aliphatic heterocycles. The molecule has 2 rings (SSSR count). The van der Waals surface area contributed by atoms with E-state index < -0.39 is 42.9 Å². The highest BCUT2D eigenvalue weighted by molar-refractivity contribution is 5.02. The number of aliphatic hydroxyl groups excluding tert-OH is 4. The SMILES string of the molecule is CC1O[C@@H]2[C@H](O)[C@@H](O)[C@H](O)[C@@H](O)[C@@H]2O1. The lowest BCUT2D eigenvalue weighted by molar-refractivity contribution is -0.192. The van der Waals surface area contributed by atoms with Crippen molar-refractivity contribution in [2.75, 3.05) is 0 Å². The number of ether oxygens (including phenoxy) is 2. The standard InChI is InChI=1S/C8H14O6/c1-2-13-7-5(11)3(9)4(10)6(12)8(7)14-2/h2-12H,1H3/t2?,3-,4-,5+,6+,7-,8+/m0/s1. The highest BCUT2D eigenvalue weighted by atomic mass is 16.7. The first-order valence-corrected chi connectivity index (χ1v) is 4.55. The van der Waals surface area contributed by atoms with E-state index in [0.29, 0.717) is 0 Å². The molecule has 0 amide bonds. The van der Waals surface area contributed by atoms with Crippen LogP contribution in [0.5, 0.6) is 0 Å². The van der Waals surface area contributed by atoms with Crippen LogP contribution in [0, 0.1) is 0 Å². The zero-order chi connectivity index (χ0) is 10.5. The molecular formula is C8H14O6. The number of hydrogen-bond donors (Lipinski definition) is 4. The number of hydrogen-bond acceptors (Lipinski definition) is 6. The molecule has 1 saturated heterocycles. The van der Waals surface area contributed by atoms with Crippen molar-refractivity contribution in [3.05, 3.63) is 0 Å². The van der Waals surface area contributed by atoms with E-state index in [2.05, 4.69) is 0 Å². The summed E-state index contributed by atoms with van der Waals surface area (Å²) in [5.41, 5.74) is 0. The summed E-state index contributed by atoms with van der Waals surface area (Å²) in [6.07, 6.45) is -7.38. The third-order valence-corrected chi connectivity index (χ3v) is 2.74. The highest BCUT2D eigenvalue weighted by Gasteiger charge is 2.54. The lowest BCUT2D eigenvalue weighted by Crippen LogP contribution is -2.62. The molecule has 82 valence electrons. The zero-order valence-electron chi connectivity index (χ0n) is 7.65. The van der Waals surface area contributed by atoms with Crippen LogP contribution in [0.4, 0.5) is 0 Å². The predicted octanol–water partition coefficient (Wildman–Crippen LogP) is -2.43. The second kappa shape index (κ2) is 3.41. The molecule has 0 bridgehead atoms. The van der Waals surface area contributed by atoms with Gasteiger partial charge in [-0.05, 0) is 6.92 Å². The molecular weight excluding hydrogens is 192 g/mol. The molecule has 4 N–H and O–H groups in total. The topological polar surface area (TPSA) is 99.4 Å². The van der Waals surface area contributed by atoms with Gasteiger partial charge < -0.3 is 29.9 Å². The van der Waals surface area contributed by atoms with Gasteiger partial charge in [-0.15, -0.1) is 0 Å². The third-order valence-electron chi connectivity index (χ3n) is 2.74. The maximum absolute atomic E-state index is 9.53. The van der Waals surface area contributed by atoms with Gasteiger partial charge in [0.05, 0.1) is 0 Å². The van der Waals surface area contributed by atoms with Gasteiger partial charge in [0.1, 0.15) is 36.6 Å². The molecule has 7 atom stereocenters. The van der Waals surface area contributed by atoms with Crippen LogP contribution >= 0.6 is 0 Å². The quantitative estimate of drug-likeness (QED) is 0.352. The molecule has 2 fully saturated rings. The lowest BCUT2D eigenvalue weighted by Gasteiger charge is -2.38. The number of fused-ring (bicyclic) bond motifs is 1. The van der Waals surface area contributed by atoms with Gasteiger partial charge >= 0.3 is 0 Å². The summed E-state index contributed by atoms with van der Waals surface area (Å²) in [6, 6.07) is 0. The highest BCUT2D eigenvalue weighted by Crippen LogP contribution is 2.32. The van der Waals surface area contributed by atoms with Crippen LogP contribution in [0.15, 0.2) is 0 Å². The van der Waals surface area contributed by atoms with E-state index in [4.69, 9.17) is 9.47 Å². The van der Waals surface area contributed by atoms with E-state index in [1.807, 2.05) is 0 Å². The molecule has 1 saturated carbocycles. The second-order valence-corrected chi connectivity index (χ2v) is 3.73. The van der Waals surface area contributed by atoms with Gasteiger partial charge in [0.25, 0.3) is 0 Å². The Labute approximate surface area is 80.7 Å². The van der Waals surface area contributed by atoms with E-state index >= 15 is 0 Å². The monoisotopic (exact) mass is 206 g/mol. The molecule has 0 spiro atoms. The van der Waals surface area contributed by atoms with Crippen LogP contribution in [0.3, 0.4) is 0 Å². The first-order valence-electron chi connectivity index (χ1n) is 4.55. The summed E-state index contributed by atoms with van der Waals surface area (Å²) in [4.78, 5) is 0. The van der Waals surface area contributed by atoms with Crippen LogP contribution in [0.1, 0.15) is 6.92 Å². The molecule has 0 aromatic rings. The Morgan fingerprint density at radius 2 is 1.07 bits per heavy atom. The Hall–Kier alpha value is -0.240. The molecule has 1 unspecified atom stereocenters. The number of rotatable bonds is 0. The molecule has 0 radical (unpaired) electrons. The molecule has 2 aliphatic rings. The maximum atomic E-state index is 9.53. The minimum absolute atomic E-state index is 0.549. The van der Waals surface area contributed by atoms with Crippen LogP contribution < -0.4 is 0 Å². The van der Waals surface area contributed by atoms with E-state index in [9.17, 15) is 20.4 Å². The summed E-state index contributed by atoms with van der Waals surface area (Å²) in [5.74, 6) is 0. The molecule has 6 nitrogen and oxygen atoms in total. The van der Waals surface area contributed by atoms with Crippen LogP contribution in [0.25, 0.3) is 0 Å². The van der Waals surface area contributed by atoms with Crippen molar-refractivity contribution in [3.8, 4) is 0 Å². The van der Waals surface area contributed by atoms with E-state index in [-0.39, 0.29) is 0 Å². The molecule has 0 aromatic heterocycles. The molecule has 6 heteroatoms. The van der Waals surface area contributed by atoms with Crippen molar-refractivity contribution in [2.24, 2.45) is 0 Å². The van der Waals surface area contributed by atoms with Crippen molar-refractivity contribution in [3.63, 3.8) is 0 Å². The normalized spacial score (nSPS) is 58.5. The van der Waals surface area contributed by atoms with Gasteiger partial charge in [0, 0.05) is 0 Å². The van der Waals surface area contributed by atoms with Crippen LogP contribution in [0.2, 0.25) is 0 Å². The van der Waals surface area contributed by atoms with Crippen molar-refractivity contribution in [1.82, 2.24) is 0 Å². The fourth-order valence-electron chi connectivity index (χ4n) is 1.97. The fraction of sp³-hybridized carbons (Fsp3) is 1.00. The molecule has 1 heterocycles. The average molecular weight is 206 g/mol. The smallest absolute Gasteiger partial charge is 0.156 e. The van der Waals surface area contributed by atoms with Gasteiger partial charge in [0.2, 0.25) is 0 Å². The molecule has 0 aromatic carbocycles. The Morgan fingerprint density at radius 3 is 1.43 bits per heavy atom. The van der Waals surface area contributed by atoms with Crippen molar-refractivity contribution in [2.45, 2.75) is 49.8 Å². The first kappa shape index (κ1) is 10.3. The van der Waals surface area contributed by atoms with Gasteiger partial charge in [-0.25, -0.2) is 0 Å². The summed E-state index contributed by atoms with van der Waals surface area (Å²) < 4.78 is 10.3. The summed E-state index contributed by atoms with van der Waals surface area (Å²) >= 11 is 0. The summed E-state index contributed by atoms with van der Waals surface area (Å²) in [7, 11) is 0. The van der Waals surface area contributed by atoms with Gasteiger partial charge in [-0.2, -0.15) is 0 Å².